The lowest BCUT2D eigenvalue weighted by Gasteiger charge is -2.04. The van der Waals surface area contributed by atoms with Crippen LogP contribution in [0.3, 0.4) is 0 Å². The lowest BCUT2D eigenvalue weighted by molar-refractivity contribution is 0.246. The molecule has 62 valence electrons. The molecule has 0 aliphatic rings. The van der Waals surface area contributed by atoms with Gasteiger partial charge in [0.15, 0.2) is 0 Å². The van der Waals surface area contributed by atoms with Crippen LogP contribution in [0.1, 0.15) is 0 Å². The lowest BCUT2D eigenvalue weighted by Crippen LogP contribution is -1.94. The molecule has 0 aromatic carbocycles. The molecule has 1 nitrogen and oxygen atoms in total. The third-order valence-corrected chi connectivity index (χ3v) is 1.60. The van der Waals surface area contributed by atoms with Crippen LogP contribution in [0.2, 0.25) is 0 Å². The lowest BCUT2D eigenvalue weighted by atomic mass is 10.4. The first kappa shape index (κ1) is 10.8. The molecule has 0 aliphatic heterocycles. The van der Waals surface area contributed by atoms with Crippen molar-refractivity contribution in [3.8, 4) is 0 Å². The molecule has 0 rings (SSSR count). The number of rotatable bonds is 5. The van der Waals surface area contributed by atoms with Crippen LogP contribution in [0.25, 0.3) is 0 Å². The summed E-state index contributed by atoms with van der Waals surface area (Å²) in [5.41, 5.74) is 0. The Morgan fingerprint density at radius 2 is 2.09 bits per heavy atom. The molecule has 0 atom stereocenters. The monoisotopic (exact) mass is 236 g/mol. The normalized spacial score (nSPS) is 11.8. The van der Waals surface area contributed by atoms with Crippen LogP contribution in [0.15, 0.2) is 36.1 Å². The van der Waals surface area contributed by atoms with E-state index in [4.69, 9.17) is 16.3 Å². The molecule has 3 heteroatoms. The number of hydrogen-bond donors (Lipinski definition) is 0. The SMILES string of the molecule is C=C/C(Cl)=C(\C=C)OCCBr. The minimum absolute atomic E-state index is 0.487. The summed E-state index contributed by atoms with van der Waals surface area (Å²) in [5.74, 6) is 0.570. The first-order valence-corrected chi connectivity index (χ1v) is 4.59. The summed E-state index contributed by atoms with van der Waals surface area (Å²) in [5, 5.41) is 1.26. The second-order valence-corrected chi connectivity index (χ2v) is 2.86. The first-order chi connectivity index (χ1) is 5.26. The predicted molar refractivity (Wildman–Crippen MR) is 53.0 cm³/mol. The van der Waals surface area contributed by atoms with Gasteiger partial charge in [-0.05, 0) is 12.2 Å². The highest BCUT2D eigenvalue weighted by molar-refractivity contribution is 9.09. The number of alkyl halides is 1. The van der Waals surface area contributed by atoms with Crippen molar-refractivity contribution < 1.29 is 4.74 Å². The number of allylic oxidation sites excluding steroid dienone is 3. The van der Waals surface area contributed by atoms with Crippen molar-refractivity contribution in [1.29, 1.82) is 0 Å². The third-order valence-electron chi connectivity index (χ3n) is 0.935. The van der Waals surface area contributed by atoms with Gasteiger partial charge in [0.2, 0.25) is 0 Å². The summed E-state index contributed by atoms with van der Waals surface area (Å²) in [7, 11) is 0. The van der Waals surface area contributed by atoms with Gasteiger partial charge in [-0.3, -0.25) is 0 Å². The van der Waals surface area contributed by atoms with Gasteiger partial charge in [-0.25, -0.2) is 0 Å². The zero-order valence-corrected chi connectivity index (χ0v) is 8.49. The second-order valence-electron chi connectivity index (χ2n) is 1.66. The zero-order chi connectivity index (χ0) is 8.69. The molecule has 0 saturated heterocycles. The number of halogens is 2. The van der Waals surface area contributed by atoms with Gasteiger partial charge in [0.1, 0.15) is 5.76 Å². The molecule has 0 unspecified atom stereocenters. The van der Waals surface area contributed by atoms with Crippen molar-refractivity contribution in [2.45, 2.75) is 0 Å². The predicted octanol–water partition coefficient (Wildman–Crippen LogP) is 3.22. The van der Waals surface area contributed by atoms with Crippen LogP contribution >= 0.6 is 27.5 Å². The van der Waals surface area contributed by atoms with E-state index in [2.05, 4.69) is 29.1 Å². The fraction of sp³-hybridized carbons (Fsp3) is 0.250. The maximum absolute atomic E-state index is 5.72. The maximum Gasteiger partial charge on any atom is 0.137 e. The summed E-state index contributed by atoms with van der Waals surface area (Å²) >= 11 is 8.94. The highest BCUT2D eigenvalue weighted by Gasteiger charge is 1.96. The Labute approximate surface area is 80.5 Å². The van der Waals surface area contributed by atoms with E-state index in [0.717, 1.165) is 5.33 Å². The van der Waals surface area contributed by atoms with Gasteiger partial charge in [0.25, 0.3) is 0 Å². The van der Waals surface area contributed by atoms with Gasteiger partial charge in [0.05, 0.1) is 11.6 Å². The van der Waals surface area contributed by atoms with Crippen LogP contribution in [0.4, 0.5) is 0 Å². The van der Waals surface area contributed by atoms with Crippen LogP contribution in [0.5, 0.6) is 0 Å². The van der Waals surface area contributed by atoms with E-state index in [1.54, 1.807) is 6.08 Å². The fourth-order valence-corrected chi connectivity index (χ4v) is 0.768. The Bertz CT molecular complexity index is 175. The smallest absolute Gasteiger partial charge is 0.137 e. The Morgan fingerprint density at radius 1 is 1.45 bits per heavy atom. The number of hydrogen-bond acceptors (Lipinski definition) is 1. The van der Waals surface area contributed by atoms with E-state index in [1.807, 2.05) is 0 Å². The number of ether oxygens (including phenoxy) is 1. The molecule has 0 radical (unpaired) electrons. The third kappa shape index (κ3) is 4.27. The summed E-state index contributed by atoms with van der Waals surface area (Å²) in [6, 6.07) is 0. The minimum Gasteiger partial charge on any atom is -0.491 e. The molecule has 0 aliphatic carbocycles. The highest BCUT2D eigenvalue weighted by Crippen LogP contribution is 2.12. The zero-order valence-electron chi connectivity index (χ0n) is 6.15. The van der Waals surface area contributed by atoms with Crippen molar-refractivity contribution in [2.75, 3.05) is 11.9 Å². The topological polar surface area (TPSA) is 9.23 Å². The van der Waals surface area contributed by atoms with Crippen molar-refractivity contribution in [1.82, 2.24) is 0 Å². The van der Waals surface area contributed by atoms with Gasteiger partial charge in [-0.2, -0.15) is 0 Å². The molecule has 0 N–H and O–H groups in total. The van der Waals surface area contributed by atoms with Crippen molar-refractivity contribution in [2.24, 2.45) is 0 Å². The first-order valence-electron chi connectivity index (χ1n) is 3.09. The van der Waals surface area contributed by atoms with Crippen LogP contribution in [-0.4, -0.2) is 11.9 Å². The van der Waals surface area contributed by atoms with Crippen molar-refractivity contribution in [3.05, 3.63) is 36.1 Å². The Morgan fingerprint density at radius 3 is 2.45 bits per heavy atom. The van der Waals surface area contributed by atoms with Crippen LogP contribution in [0, 0.1) is 0 Å². The van der Waals surface area contributed by atoms with Crippen molar-refractivity contribution in [3.63, 3.8) is 0 Å². The molecule has 11 heavy (non-hydrogen) atoms. The molecule has 0 aromatic heterocycles. The molecular weight excluding hydrogens is 227 g/mol. The summed E-state index contributed by atoms with van der Waals surface area (Å²) < 4.78 is 5.20. The van der Waals surface area contributed by atoms with E-state index in [-0.39, 0.29) is 0 Å². The van der Waals surface area contributed by atoms with Gasteiger partial charge in [-0.15, -0.1) is 0 Å². The van der Waals surface area contributed by atoms with E-state index in [0.29, 0.717) is 17.4 Å². The fourth-order valence-electron chi connectivity index (χ4n) is 0.474. The Hall–Kier alpha value is -0.210. The molecular formula is C8H10BrClO. The van der Waals surface area contributed by atoms with Crippen LogP contribution in [-0.2, 0) is 4.74 Å². The van der Waals surface area contributed by atoms with E-state index in [9.17, 15) is 0 Å². The van der Waals surface area contributed by atoms with E-state index in [1.165, 1.54) is 6.08 Å². The minimum atomic E-state index is 0.487. The average Bonchev–Trinajstić information content (AvgIpc) is 2.05. The quantitative estimate of drug-likeness (QED) is 0.405. The van der Waals surface area contributed by atoms with Gasteiger partial charge in [0, 0.05) is 5.33 Å². The largest absolute Gasteiger partial charge is 0.491 e. The highest BCUT2D eigenvalue weighted by atomic mass is 79.9. The maximum atomic E-state index is 5.72. The van der Waals surface area contributed by atoms with Crippen molar-refractivity contribution >= 4 is 27.5 Å². The summed E-state index contributed by atoms with van der Waals surface area (Å²) in [6.07, 6.45) is 3.08. The second kappa shape index (κ2) is 6.50. The Balaban J connectivity index is 4.14. The molecule has 0 aromatic rings. The van der Waals surface area contributed by atoms with Gasteiger partial charge >= 0.3 is 0 Å². The summed E-state index contributed by atoms with van der Waals surface area (Å²) in [6.45, 7) is 7.64. The van der Waals surface area contributed by atoms with E-state index < -0.39 is 0 Å². The standard InChI is InChI=1S/C8H10BrClO/c1-3-7(10)8(4-2)11-6-5-9/h3-4H,1-2,5-6H2/b8-7-. The average molecular weight is 238 g/mol. The Kier molecular flexibility index (Phi) is 6.37. The van der Waals surface area contributed by atoms with Gasteiger partial charge in [-0.1, -0.05) is 40.7 Å². The van der Waals surface area contributed by atoms with Crippen LogP contribution < -0.4 is 0 Å². The summed E-state index contributed by atoms with van der Waals surface area (Å²) in [4.78, 5) is 0. The molecule has 0 amide bonds. The molecule has 0 fully saturated rings. The van der Waals surface area contributed by atoms with Gasteiger partial charge < -0.3 is 4.74 Å². The molecule has 0 spiro atoms. The molecule has 0 bridgehead atoms. The molecule has 0 heterocycles. The van der Waals surface area contributed by atoms with E-state index >= 15 is 0 Å². The molecule has 0 saturated carbocycles.